The normalized spacial score (nSPS) is 12.6. The van der Waals surface area contributed by atoms with Crippen molar-refractivity contribution in [3.8, 4) is 11.5 Å². The van der Waals surface area contributed by atoms with E-state index in [2.05, 4.69) is 20.4 Å². The van der Waals surface area contributed by atoms with E-state index in [1.807, 2.05) is 6.92 Å². The van der Waals surface area contributed by atoms with Crippen molar-refractivity contribution in [1.82, 2.24) is 10.6 Å². The second-order valence-electron chi connectivity index (χ2n) is 6.00. The highest BCUT2D eigenvalue weighted by Gasteiger charge is 2.12. The average molecular weight is 428 g/mol. The SMILES string of the molecule is CCNC(=NCc1cc(Cl)ccc1OC(F)F)NCC(O)c1ccc(OC)cc1. The van der Waals surface area contributed by atoms with Gasteiger partial charge in [0.25, 0.3) is 0 Å². The number of halogens is 3. The van der Waals surface area contributed by atoms with Gasteiger partial charge in [-0.1, -0.05) is 23.7 Å². The second-order valence-corrected chi connectivity index (χ2v) is 6.43. The monoisotopic (exact) mass is 427 g/mol. The zero-order valence-electron chi connectivity index (χ0n) is 16.2. The van der Waals surface area contributed by atoms with E-state index in [9.17, 15) is 13.9 Å². The molecule has 0 spiro atoms. The van der Waals surface area contributed by atoms with Crippen LogP contribution in [-0.4, -0.2) is 37.9 Å². The van der Waals surface area contributed by atoms with Gasteiger partial charge in [-0.3, -0.25) is 0 Å². The topological polar surface area (TPSA) is 75.1 Å². The standard InChI is InChI=1S/C20H24ClF2N3O3/c1-3-24-20(26-12-17(27)13-4-7-16(28-2)8-5-13)25-11-14-10-15(21)6-9-18(14)29-19(22)23/h4-10,17,19,27H,3,11-12H2,1-2H3,(H2,24,25,26). The maximum Gasteiger partial charge on any atom is 0.387 e. The van der Waals surface area contributed by atoms with E-state index in [1.54, 1.807) is 31.4 Å². The van der Waals surface area contributed by atoms with Gasteiger partial charge < -0.3 is 25.2 Å². The number of ether oxygens (including phenoxy) is 2. The van der Waals surface area contributed by atoms with Gasteiger partial charge in [-0.05, 0) is 42.8 Å². The molecule has 6 nitrogen and oxygen atoms in total. The van der Waals surface area contributed by atoms with Crippen molar-refractivity contribution >= 4 is 17.6 Å². The Kier molecular flexibility index (Phi) is 8.95. The van der Waals surface area contributed by atoms with Gasteiger partial charge in [-0.2, -0.15) is 8.78 Å². The Bertz CT molecular complexity index is 804. The molecule has 0 fully saturated rings. The number of benzene rings is 2. The molecule has 0 radical (unpaired) electrons. The molecule has 0 saturated heterocycles. The lowest BCUT2D eigenvalue weighted by Crippen LogP contribution is -2.39. The zero-order valence-corrected chi connectivity index (χ0v) is 16.9. The van der Waals surface area contributed by atoms with Gasteiger partial charge in [-0.25, -0.2) is 4.99 Å². The fourth-order valence-corrected chi connectivity index (χ4v) is 2.72. The molecule has 0 bridgehead atoms. The summed E-state index contributed by atoms with van der Waals surface area (Å²) in [6, 6.07) is 11.5. The molecule has 3 N–H and O–H groups in total. The van der Waals surface area contributed by atoms with Crippen LogP contribution in [0.4, 0.5) is 8.78 Å². The van der Waals surface area contributed by atoms with Gasteiger partial charge in [0.15, 0.2) is 5.96 Å². The van der Waals surface area contributed by atoms with Crippen LogP contribution < -0.4 is 20.1 Å². The number of nitrogens with one attached hydrogen (secondary N) is 2. The first-order chi connectivity index (χ1) is 13.9. The first-order valence-corrected chi connectivity index (χ1v) is 9.38. The number of hydrogen-bond donors (Lipinski definition) is 3. The Morgan fingerprint density at radius 1 is 1.17 bits per heavy atom. The second kappa shape index (κ2) is 11.4. The third kappa shape index (κ3) is 7.40. The van der Waals surface area contributed by atoms with Gasteiger partial charge >= 0.3 is 6.61 Å². The molecule has 0 heterocycles. The van der Waals surface area contributed by atoms with Crippen molar-refractivity contribution in [1.29, 1.82) is 0 Å². The molecule has 2 rings (SSSR count). The molecule has 0 aliphatic heterocycles. The number of rotatable bonds is 9. The van der Waals surface area contributed by atoms with E-state index < -0.39 is 12.7 Å². The Morgan fingerprint density at radius 3 is 2.52 bits per heavy atom. The summed E-state index contributed by atoms with van der Waals surface area (Å²) in [7, 11) is 1.57. The van der Waals surface area contributed by atoms with E-state index in [1.165, 1.54) is 18.2 Å². The van der Waals surface area contributed by atoms with Crippen LogP contribution in [0, 0.1) is 0 Å². The number of aliphatic hydroxyl groups is 1. The predicted molar refractivity (Wildman–Crippen MR) is 109 cm³/mol. The first-order valence-electron chi connectivity index (χ1n) is 9.00. The number of hydrogen-bond acceptors (Lipinski definition) is 4. The van der Waals surface area contributed by atoms with Crippen molar-refractivity contribution in [2.45, 2.75) is 26.2 Å². The third-order valence-electron chi connectivity index (χ3n) is 3.95. The minimum absolute atomic E-state index is 0.0160. The maximum atomic E-state index is 12.6. The maximum absolute atomic E-state index is 12.6. The van der Waals surface area contributed by atoms with Crippen LogP contribution in [-0.2, 0) is 6.54 Å². The first kappa shape index (κ1) is 22.7. The molecule has 0 saturated carbocycles. The molecule has 1 atom stereocenters. The van der Waals surface area contributed by atoms with Crippen LogP contribution in [0.5, 0.6) is 11.5 Å². The lowest BCUT2D eigenvalue weighted by molar-refractivity contribution is -0.0504. The summed E-state index contributed by atoms with van der Waals surface area (Å²) in [4.78, 5) is 4.37. The Labute approximate surface area is 173 Å². The zero-order chi connectivity index (χ0) is 21.2. The number of methoxy groups -OCH3 is 1. The van der Waals surface area contributed by atoms with Crippen molar-refractivity contribution in [2.24, 2.45) is 4.99 Å². The third-order valence-corrected chi connectivity index (χ3v) is 4.19. The average Bonchev–Trinajstić information content (AvgIpc) is 2.71. The predicted octanol–water partition coefficient (Wildman–Crippen LogP) is 3.74. The summed E-state index contributed by atoms with van der Waals surface area (Å²) >= 11 is 5.96. The van der Waals surface area contributed by atoms with Gasteiger partial charge in [0, 0.05) is 23.7 Å². The van der Waals surface area contributed by atoms with Crippen LogP contribution in [0.2, 0.25) is 5.02 Å². The minimum Gasteiger partial charge on any atom is -0.497 e. The van der Waals surface area contributed by atoms with E-state index in [0.717, 1.165) is 5.56 Å². The quantitative estimate of drug-likeness (QED) is 0.420. The van der Waals surface area contributed by atoms with Crippen molar-refractivity contribution < 1.29 is 23.4 Å². The van der Waals surface area contributed by atoms with E-state index in [4.69, 9.17) is 16.3 Å². The van der Waals surface area contributed by atoms with Crippen molar-refractivity contribution in [3.05, 3.63) is 58.6 Å². The summed E-state index contributed by atoms with van der Waals surface area (Å²) < 4.78 is 34.8. The fraction of sp³-hybridized carbons (Fsp3) is 0.350. The summed E-state index contributed by atoms with van der Waals surface area (Å²) in [5.74, 6) is 1.14. The lowest BCUT2D eigenvalue weighted by atomic mass is 10.1. The van der Waals surface area contributed by atoms with Crippen LogP contribution in [0.1, 0.15) is 24.2 Å². The summed E-state index contributed by atoms with van der Waals surface area (Å²) in [6.07, 6.45) is -0.770. The van der Waals surface area contributed by atoms with Gasteiger partial charge in [0.05, 0.1) is 19.8 Å². The highest BCUT2D eigenvalue weighted by Crippen LogP contribution is 2.25. The van der Waals surface area contributed by atoms with Gasteiger partial charge in [0.1, 0.15) is 11.5 Å². The number of alkyl halides is 2. The molecule has 29 heavy (non-hydrogen) atoms. The summed E-state index contributed by atoms with van der Waals surface area (Å²) in [5.41, 5.74) is 1.14. The van der Waals surface area contributed by atoms with Gasteiger partial charge in [-0.15, -0.1) is 0 Å². The van der Waals surface area contributed by atoms with Gasteiger partial charge in [0.2, 0.25) is 0 Å². The minimum atomic E-state index is -2.94. The van der Waals surface area contributed by atoms with Crippen LogP contribution in [0.25, 0.3) is 0 Å². The fourth-order valence-electron chi connectivity index (χ4n) is 2.53. The number of guanidine groups is 1. The molecule has 0 aliphatic carbocycles. The molecule has 2 aromatic carbocycles. The molecular formula is C20H24ClF2N3O3. The Balaban J connectivity index is 2.05. The van der Waals surface area contributed by atoms with Crippen molar-refractivity contribution in [3.63, 3.8) is 0 Å². The molecule has 1 unspecified atom stereocenters. The Hall–Kier alpha value is -2.58. The molecule has 0 aromatic heterocycles. The van der Waals surface area contributed by atoms with Crippen LogP contribution >= 0.6 is 11.6 Å². The molecule has 0 amide bonds. The highest BCUT2D eigenvalue weighted by molar-refractivity contribution is 6.30. The van der Waals surface area contributed by atoms with E-state index in [-0.39, 0.29) is 18.8 Å². The van der Waals surface area contributed by atoms with Crippen LogP contribution in [0.3, 0.4) is 0 Å². The van der Waals surface area contributed by atoms with Crippen molar-refractivity contribution in [2.75, 3.05) is 20.2 Å². The highest BCUT2D eigenvalue weighted by atomic mass is 35.5. The number of aliphatic imine (C=N–C) groups is 1. The summed E-state index contributed by atoms with van der Waals surface area (Å²) in [5, 5.41) is 16.8. The van der Waals surface area contributed by atoms with E-state index in [0.29, 0.717) is 28.8 Å². The molecule has 158 valence electrons. The molecule has 9 heteroatoms. The Morgan fingerprint density at radius 2 is 1.90 bits per heavy atom. The molecular weight excluding hydrogens is 404 g/mol. The van der Waals surface area contributed by atoms with Crippen LogP contribution in [0.15, 0.2) is 47.5 Å². The molecule has 2 aromatic rings. The number of nitrogens with zero attached hydrogens (tertiary/aromatic N) is 1. The largest absolute Gasteiger partial charge is 0.497 e. The smallest absolute Gasteiger partial charge is 0.387 e. The number of aliphatic hydroxyl groups excluding tert-OH is 1. The molecule has 0 aliphatic rings. The van der Waals surface area contributed by atoms with E-state index >= 15 is 0 Å². The lowest BCUT2D eigenvalue weighted by Gasteiger charge is -2.16. The summed E-state index contributed by atoms with van der Waals surface area (Å²) in [6.45, 7) is -0.197.